The van der Waals surface area contributed by atoms with Crippen molar-refractivity contribution in [2.24, 2.45) is 0 Å². The molecule has 0 atom stereocenters. The Morgan fingerprint density at radius 2 is 1.88 bits per heavy atom. The SMILES string of the molecule is Cc1ccc(-c2nnc(COc3ccc([N+](=O)[O-])c(C)c3)o2)cc1. The van der Waals surface area contributed by atoms with Crippen LogP contribution in [0, 0.1) is 24.0 Å². The van der Waals surface area contributed by atoms with Gasteiger partial charge in [0.15, 0.2) is 6.61 Å². The molecular formula is C17H15N3O4. The summed E-state index contributed by atoms with van der Waals surface area (Å²) in [5.74, 6) is 1.27. The van der Waals surface area contributed by atoms with Gasteiger partial charge in [0.05, 0.1) is 4.92 Å². The zero-order valence-corrected chi connectivity index (χ0v) is 13.2. The Kier molecular flexibility index (Phi) is 4.24. The third-order valence-corrected chi connectivity index (χ3v) is 3.49. The number of rotatable bonds is 5. The largest absolute Gasteiger partial charge is 0.484 e. The van der Waals surface area contributed by atoms with Crippen LogP contribution in [-0.2, 0) is 6.61 Å². The Balaban J connectivity index is 1.68. The van der Waals surface area contributed by atoms with Crippen LogP contribution in [-0.4, -0.2) is 15.1 Å². The zero-order chi connectivity index (χ0) is 17.1. The predicted octanol–water partition coefficient (Wildman–Crippen LogP) is 3.84. The smallest absolute Gasteiger partial charge is 0.272 e. The van der Waals surface area contributed by atoms with Crippen LogP contribution in [0.3, 0.4) is 0 Å². The Morgan fingerprint density at radius 1 is 1.12 bits per heavy atom. The van der Waals surface area contributed by atoms with Gasteiger partial charge in [0.25, 0.3) is 11.6 Å². The Morgan fingerprint density at radius 3 is 2.54 bits per heavy atom. The molecule has 122 valence electrons. The number of aryl methyl sites for hydroxylation is 2. The lowest BCUT2D eigenvalue weighted by molar-refractivity contribution is -0.385. The molecule has 0 fully saturated rings. The maximum atomic E-state index is 10.8. The molecule has 1 aromatic heterocycles. The number of nitrogens with zero attached hydrogens (tertiary/aromatic N) is 3. The minimum atomic E-state index is -0.426. The van der Waals surface area contributed by atoms with Gasteiger partial charge in [-0.15, -0.1) is 10.2 Å². The molecule has 3 aromatic rings. The van der Waals surface area contributed by atoms with E-state index in [9.17, 15) is 10.1 Å². The third kappa shape index (κ3) is 3.40. The standard InChI is InChI=1S/C17H15N3O4/c1-11-3-5-13(6-4-11)17-19-18-16(24-17)10-23-14-7-8-15(20(21)22)12(2)9-14/h3-9H,10H2,1-2H3. The maximum Gasteiger partial charge on any atom is 0.272 e. The molecule has 0 radical (unpaired) electrons. The summed E-state index contributed by atoms with van der Waals surface area (Å²) in [6, 6.07) is 12.3. The number of ether oxygens (including phenoxy) is 1. The lowest BCUT2D eigenvalue weighted by atomic mass is 10.1. The van der Waals surface area contributed by atoms with E-state index in [1.807, 2.05) is 31.2 Å². The van der Waals surface area contributed by atoms with Crippen molar-refractivity contribution < 1.29 is 14.1 Å². The molecule has 0 amide bonds. The number of aromatic nitrogens is 2. The van der Waals surface area contributed by atoms with E-state index in [4.69, 9.17) is 9.15 Å². The quantitative estimate of drug-likeness (QED) is 0.523. The number of nitro benzene ring substituents is 1. The Labute approximate surface area is 138 Å². The van der Waals surface area contributed by atoms with Crippen molar-refractivity contribution in [3.8, 4) is 17.2 Å². The van der Waals surface area contributed by atoms with Crippen LogP contribution in [0.25, 0.3) is 11.5 Å². The second-order valence-corrected chi connectivity index (χ2v) is 5.36. The normalized spacial score (nSPS) is 10.6. The molecule has 0 aliphatic carbocycles. The monoisotopic (exact) mass is 325 g/mol. The highest BCUT2D eigenvalue weighted by atomic mass is 16.6. The van der Waals surface area contributed by atoms with Crippen LogP contribution < -0.4 is 4.74 Å². The summed E-state index contributed by atoms with van der Waals surface area (Å²) < 4.78 is 11.1. The van der Waals surface area contributed by atoms with E-state index in [1.54, 1.807) is 19.1 Å². The Hall–Kier alpha value is -3.22. The minimum absolute atomic E-state index is 0.0572. The van der Waals surface area contributed by atoms with Crippen LogP contribution >= 0.6 is 0 Å². The topological polar surface area (TPSA) is 91.3 Å². The highest BCUT2D eigenvalue weighted by Crippen LogP contribution is 2.24. The first-order chi connectivity index (χ1) is 11.5. The van der Waals surface area contributed by atoms with E-state index in [2.05, 4.69) is 10.2 Å². The highest BCUT2D eigenvalue weighted by molar-refractivity contribution is 5.52. The number of hydrogen-bond donors (Lipinski definition) is 0. The summed E-state index contributed by atoms with van der Waals surface area (Å²) in [6.45, 7) is 3.76. The van der Waals surface area contributed by atoms with Crippen molar-refractivity contribution in [2.75, 3.05) is 0 Å². The van der Waals surface area contributed by atoms with Gasteiger partial charge >= 0.3 is 0 Å². The van der Waals surface area contributed by atoms with Crippen LogP contribution in [0.2, 0.25) is 0 Å². The number of hydrogen-bond acceptors (Lipinski definition) is 6. The molecule has 1 heterocycles. The van der Waals surface area contributed by atoms with Crippen molar-refractivity contribution in [1.29, 1.82) is 0 Å². The zero-order valence-electron chi connectivity index (χ0n) is 13.2. The fourth-order valence-electron chi connectivity index (χ4n) is 2.19. The van der Waals surface area contributed by atoms with Gasteiger partial charge in [0.1, 0.15) is 5.75 Å². The predicted molar refractivity (Wildman–Crippen MR) is 86.6 cm³/mol. The van der Waals surface area contributed by atoms with Gasteiger partial charge < -0.3 is 9.15 Å². The first-order valence-electron chi connectivity index (χ1n) is 7.30. The average molecular weight is 325 g/mol. The minimum Gasteiger partial charge on any atom is -0.484 e. The third-order valence-electron chi connectivity index (χ3n) is 3.49. The van der Waals surface area contributed by atoms with Crippen LogP contribution in [0.15, 0.2) is 46.9 Å². The second-order valence-electron chi connectivity index (χ2n) is 5.36. The molecule has 0 bridgehead atoms. The first kappa shape index (κ1) is 15.7. The lowest BCUT2D eigenvalue weighted by Crippen LogP contribution is -1.97. The number of benzene rings is 2. The molecule has 0 saturated carbocycles. The summed E-state index contributed by atoms with van der Waals surface area (Å²) in [6.07, 6.45) is 0. The van der Waals surface area contributed by atoms with E-state index in [0.29, 0.717) is 23.1 Å². The van der Waals surface area contributed by atoms with Crippen LogP contribution in [0.1, 0.15) is 17.0 Å². The fourth-order valence-corrected chi connectivity index (χ4v) is 2.19. The molecule has 3 rings (SSSR count). The summed E-state index contributed by atoms with van der Waals surface area (Å²) in [7, 11) is 0. The second kappa shape index (κ2) is 6.49. The summed E-state index contributed by atoms with van der Waals surface area (Å²) in [5.41, 5.74) is 2.58. The molecule has 0 saturated heterocycles. The van der Waals surface area contributed by atoms with E-state index in [1.165, 1.54) is 6.07 Å². The van der Waals surface area contributed by atoms with Crippen molar-refractivity contribution in [3.63, 3.8) is 0 Å². The maximum absolute atomic E-state index is 10.8. The lowest BCUT2D eigenvalue weighted by Gasteiger charge is -2.04. The molecule has 7 nitrogen and oxygen atoms in total. The van der Waals surface area contributed by atoms with Crippen molar-refractivity contribution >= 4 is 5.69 Å². The fraction of sp³-hybridized carbons (Fsp3) is 0.176. The molecule has 7 heteroatoms. The molecule has 2 aromatic carbocycles. The molecule has 0 N–H and O–H groups in total. The van der Waals surface area contributed by atoms with Gasteiger partial charge in [-0.25, -0.2) is 0 Å². The van der Waals surface area contributed by atoms with Crippen LogP contribution in [0.5, 0.6) is 5.75 Å². The Bertz CT molecular complexity index is 872. The highest BCUT2D eigenvalue weighted by Gasteiger charge is 2.12. The molecule has 0 spiro atoms. The average Bonchev–Trinajstić information content (AvgIpc) is 3.02. The van der Waals surface area contributed by atoms with Crippen LogP contribution in [0.4, 0.5) is 5.69 Å². The van der Waals surface area contributed by atoms with Crippen molar-refractivity contribution in [3.05, 3.63) is 69.6 Å². The van der Waals surface area contributed by atoms with Crippen molar-refractivity contribution in [1.82, 2.24) is 10.2 Å². The van der Waals surface area contributed by atoms with Gasteiger partial charge in [-0.2, -0.15) is 0 Å². The molecule has 24 heavy (non-hydrogen) atoms. The van der Waals surface area contributed by atoms with Gasteiger partial charge in [-0.1, -0.05) is 17.7 Å². The first-order valence-corrected chi connectivity index (χ1v) is 7.30. The van der Waals surface area contributed by atoms with Gasteiger partial charge in [0.2, 0.25) is 5.89 Å². The summed E-state index contributed by atoms with van der Waals surface area (Å²) in [5, 5.41) is 18.7. The molecule has 0 unspecified atom stereocenters. The van der Waals surface area contributed by atoms with E-state index in [0.717, 1.165) is 11.1 Å². The van der Waals surface area contributed by atoms with E-state index in [-0.39, 0.29) is 12.3 Å². The van der Waals surface area contributed by atoms with Crippen molar-refractivity contribution in [2.45, 2.75) is 20.5 Å². The van der Waals surface area contributed by atoms with Gasteiger partial charge in [0, 0.05) is 17.2 Å². The molecular weight excluding hydrogens is 310 g/mol. The molecule has 0 aliphatic heterocycles. The summed E-state index contributed by atoms with van der Waals surface area (Å²) >= 11 is 0. The number of nitro groups is 1. The van der Waals surface area contributed by atoms with Gasteiger partial charge in [-0.05, 0) is 38.1 Å². The van der Waals surface area contributed by atoms with E-state index >= 15 is 0 Å². The molecule has 0 aliphatic rings. The summed E-state index contributed by atoms with van der Waals surface area (Å²) in [4.78, 5) is 10.4. The van der Waals surface area contributed by atoms with Gasteiger partial charge in [-0.3, -0.25) is 10.1 Å². The van der Waals surface area contributed by atoms with E-state index < -0.39 is 4.92 Å².